The van der Waals surface area contributed by atoms with E-state index in [9.17, 15) is 4.79 Å². The van der Waals surface area contributed by atoms with E-state index in [-0.39, 0.29) is 5.97 Å². The van der Waals surface area contributed by atoms with Crippen LogP contribution in [-0.4, -0.2) is 19.7 Å². The van der Waals surface area contributed by atoms with E-state index in [1.54, 1.807) is 12.1 Å². The van der Waals surface area contributed by atoms with Crippen LogP contribution in [0.2, 0.25) is 0 Å². The van der Waals surface area contributed by atoms with Crippen LogP contribution in [0.25, 0.3) is 10.8 Å². The van der Waals surface area contributed by atoms with Crippen LogP contribution in [-0.2, 0) is 4.74 Å². The van der Waals surface area contributed by atoms with Gasteiger partial charge in [-0.2, -0.15) is 0 Å². The van der Waals surface area contributed by atoms with Crippen LogP contribution in [0.3, 0.4) is 0 Å². The van der Waals surface area contributed by atoms with E-state index >= 15 is 0 Å². The molecule has 0 N–H and O–H groups in total. The van der Waals surface area contributed by atoms with Gasteiger partial charge in [-0.1, -0.05) is 24.3 Å². The molecular formula is C14H14O3. The van der Waals surface area contributed by atoms with Crippen molar-refractivity contribution in [2.45, 2.75) is 6.92 Å². The second-order valence-corrected chi connectivity index (χ2v) is 3.58. The Morgan fingerprint density at radius 3 is 2.47 bits per heavy atom. The molecule has 3 heteroatoms. The van der Waals surface area contributed by atoms with Crippen LogP contribution < -0.4 is 4.74 Å². The highest BCUT2D eigenvalue weighted by Gasteiger charge is 2.12. The highest BCUT2D eigenvalue weighted by molar-refractivity contribution is 6.06. The summed E-state index contributed by atoms with van der Waals surface area (Å²) in [5.41, 5.74) is 0.562. The monoisotopic (exact) mass is 230 g/mol. The normalized spacial score (nSPS) is 10.2. The molecule has 0 aromatic heterocycles. The third-order valence-electron chi connectivity index (χ3n) is 2.59. The lowest BCUT2D eigenvalue weighted by Gasteiger charge is -2.10. The Bertz CT molecular complexity index is 546. The fourth-order valence-corrected chi connectivity index (χ4v) is 1.84. The third kappa shape index (κ3) is 2.09. The molecule has 0 radical (unpaired) electrons. The summed E-state index contributed by atoms with van der Waals surface area (Å²) in [6, 6.07) is 11.2. The van der Waals surface area contributed by atoms with Crippen LogP contribution in [0.15, 0.2) is 36.4 Å². The zero-order valence-corrected chi connectivity index (χ0v) is 9.90. The summed E-state index contributed by atoms with van der Waals surface area (Å²) >= 11 is 0. The zero-order chi connectivity index (χ0) is 12.3. The van der Waals surface area contributed by atoms with Gasteiger partial charge in [0.1, 0.15) is 5.75 Å². The van der Waals surface area contributed by atoms with Crippen molar-refractivity contribution < 1.29 is 14.3 Å². The number of methoxy groups -OCH3 is 1. The number of hydrogen-bond acceptors (Lipinski definition) is 3. The first-order chi connectivity index (χ1) is 8.27. The first-order valence-electron chi connectivity index (χ1n) is 5.50. The van der Waals surface area contributed by atoms with E-state index in [4.69, 9.17) is 9.47 Å². The predicted molar refractivity (Wildman–Crippen MR) is 66.5 cm³/mol. The molecule has 17 heavy (non-hydrogen) atoms. The maximum Gasteiger partial charge on any atom is 0.338 e. The van der Waals surface area contributed by atoms with Gasteiger partial charge in [0.25, 0.3) is 0 Å². The molecule has 0 amide bonds. The van der Waals surface area contributed by atoms with Crippen molar-refractivity contribution in [3.63, 3.8) is 0 Å². The minimum Gasteiger partial charge on any atom is -0.493 e. The lowest BCUT2D eigenvalue weighted by Crippen LogP contribution is -2.03. The number of ether oxygens (including phenoxy) is 2. The highest BCUT2D eigenvalue weighted by atomic mass is 16.5. The van der Waals surface area contributed by atoms with Crippen molar-refractivity contribution in [2.75, 3.05) is 13.7 Å². The van der Waals surface area contributed by atoms with E-state index in [2.05, 4.69) is 0 Å². The Morgan fingerprint density at radius 1 is 1.12 bits per heavy atom. The van der Waals surface area contributed by atoms with E-state index in [0.29, 0.717) is 12.2 Å². The van der Waals surface area contributed by atoms with Gasteiger partial charge in [0, 0.05) is 5.39 Å². The number of rotatable bonds is 3. The van der Waals surface area contributed by atoms with Gasteiger partial charge >= 0.3 is 5.97 Å². The van der Waals surface area contributed by atoms with Crippen molar-refractivity contribution in [1.29, 1.82) is 0 Å². The Labute approximate surface area is 100.0 Å². The molecule has 0 aliphatic carbocycles. The summed E-state index contributed by atoms with van der Waals surface area (Å²) in [5.74, 6) is 0.458. The lowest BCUT2D eigenvalue weighted by molar-refractivity contribution is 0.0603. The SMILES string of the molecule is CCOc1ccc(C(=O)OC)c2ccccc12. The number of benzene rings is 2. The maximum absolute atomic E-state index is 11.6. The van der Waals surface area contributed by atoms with E-state index in [0.717, 1.165) is 16.5 Å². The average Bonchev–Trinajstić information content (AvgIpc) is 2.38. The summed E-state index contributed by atoms with van der Waals surface area (Å²) in [7, 11) is 1.38. The molecule has 2 rings (SSSR count). The lowest BCUT2D eigenvalue weighted by atomic mass is 10.0. The topological polar surface area (TPSA) is 35.5 Å². The standard InChI is InChI=1S/C14H14O3/c1-3-17-13-9-8-12(14(15)16-2)10-6-4-5-7-11(10)13/h4-9H,3H2,1-2H3. The average molecular weight is 230 g/mol. The zero-order valence-electron chi connectivity index (χ0n) is 9.90. The van der Waals surface area contributed by atoms with Crippen molar-refractivity contribution in [2.24, 2.45) is 0 Å². The van der Waals surface area contributed by atoms with Crippen LogP contribution in [0.1, 0.15) is 17.3 Å². The first-order valence-corrected chi connectivity index (χ1v) is 5.50. The van der Waals surface area contributed by atoms with Gasteiger partial charge in [0.05, 0.1) is 19.3 Å². The van der Waals surface area contributed by atoms with Gasteiger partial charge in [-0.3, -0.25) is 0 Å². The maximum atomic E-state index is 11.6. The van der Waals surface area contributed by atoms with Gasteiger partial charge in [-0.15, -0.1) is 0 Å². The second-order valence-electron chi connectivity index (χ2n) is 3.58. The molecule has 0 saturated heterocycles. The molecule has 0 atom stereocenters. The number of fused-ring (bicyclic) bond motifs is 1. The molecule has 0 unspecified atom stereocenters. The molecule has 0 aliphatic heterocycles. The summed E-state index contributed by atoms with van der Waals surface area (Å²) in [6.07, 6.45) is 0. The molecule has 0 heterocycles. The third-order valence-corrected chi connectivity index (χ3v) is 2.59. The van der Waals surface area contributed by atoms with Gasteiger partial charge in [0.15, 0.2) is 0 Å². The van der Waals surface area contributed by atoms with Crippen molar-refractivity contribution in [3.05, 3.63) is 42.0 Å². The van der Waals surface area contributed by atoms with Gasteiger partial charge in [-0.05, 0) is 24.4 Å². The summed E-state index contributed by atoms with van der Waals surface area (Å²) < 4.78 is 10.3. The number of hydrogen-bond donors (Lipinski definition) is 0. The summed E-state index contributed by atoms with van der Waals surface area (Å²) in [4.78, 5) is 11.6. The van der Waals surface area contributed by atoms with Crippen LogP contribution in [0.4, 0.5) is 0 Å². The molecule has 0 spiro atoms. The second kappa shape index (κ2) is 4.87. The molecule has 2 aromatic rings. The van der Waals surface area contributed by atoms with Crippen LogP contribution >= 0.6 is 0 Å². The number of carbonyl (C=O) groups is 1. The molecule has 3 nitrogen and oxygen atoms in total. The summed E-state index contributed by atoms with van der Waals surface area (Å²) in [6.45, 7) is 2.53. The van der Waals surface area contributed by atoms with E-state index in [1.807, 2.05) is 31.2 Å². The molecule has 88 valence electrons. The minimum absolute atomic E-state index is 0.329. The molecule has 0 bridgehead atoms. The quantitative estimate of drug-likeness (QED) is 0.760. The van der Waals surface area contributed by atoms with Crippen molar-refractivity contribution >= 4 is 16.7 Å². The fraction of sp³-hybridized carbons (Fsp3) is 0.214. The van der Waals surface area contributed by atoms with E-state index < -0.39 is 0 Å². The van der Waals surface area contributed by atoms with Gasteiger partial charge < -0.3 is 9.47 Å². The van der Waals surface area contributed by atoms with Crippen molar-refractivity contribution in [1.82, 2.24) is 0 Å². The Balaban J connectivity index is 2.66. The van der Waals surface area contributed by atoms with E-state index in [1.165, 1.54) is 7.11 Å². The van der Waals surface area contributed by atoms with Crippen molar-refractivity contribution in [3.8, 4) is 5.75 Å². The number of esters is 1. The number of carbonyl (C=O) groups excluding carboxylic acids is 1. The van der Waals surface area contributed by atoms with Gasteiger partial charge in [0.2, 0.25) is 0 Å². The molecule has 0 aliphatic rings. The Morgan fingerprint density at radius 2 is 1.82 bits per heavy atom. The smallest absolute Gasteiger partial charge is 0.338 e. The molecule has 2 aromatic carbocycles. The van der Waals surface area contributed by atoms with Crippen LogP contribution in [0, 0.1) is 0 Å². The first kappa shape index (κ1) is 11.5. The molecule has 0 fully saturated rings. The van der Waals surface area contributed by atoms with Gasteiger partial charge in [-0.25, -0.2) is 4.79 Å². The highest BCUT2D eigenvalue weighted by Crippen LogP contribution is 2.28. The molecule has 0 saturated carbocycles. The fourth-order valence-electron chi connectivity index (χ4n) is 1.84. The molecular weight excluding hydrogens is 216 g/mol. The Hall–Kier alpha value is -2.03. The van der Waals surface area contributed by atoms with Crippen LogP contribution in [0.5, 0.6) is 5.75 Å². The largest absolute Gasteiger partial charge is 0.493 e. The summed E-state index contributed by atoms with van der Waals surface area (Å²) in [5, 5.41) is 1.78. The minimum atomic E-state index is -0.329. The Kier molecular flexibility index (Phi) is 3.28. The predicted octanol–water partition coefficient (Wildman–Crippen LogP) is 3.03.